The smallest absolute Gasteiger partial charge is 0.307 e. The summed E-state index contributed by atoms with van der Waals surface area (Å²) in [5.74, 6) is -0.362. The second-order valence-corrected chi connectivity index (χ2v) is 5.64. The molecule has 0 unspecified atom stereocenters. The van der Waals surface area contributed by atoms with Crippen molar-refractivity contribution in [2.24, 2.45) is 0 Å². The second kappa shape index (κ2) is 8.87. The standard InChI is InChI=1S/C20H23NO3/c1-3-24-19(22)12-13-21(15-17-9-5-4-6-10-17)20(23)18-11-7-8-16(2)14-18/h4-11,14H,3,12-13,15H2,1-2H3. The van der Waals surface area contributed by atoms with Crippen molar-refractivity contribution in [1.29, 1.82) is 0 Å². The fourth-order valence-corrected chi connectivity index (χ4v) is 2.48. The molecule has 0 aliphatic carbocycles. The Balaban J connectivity index is 2.14. The lowest BCUT2D eigenvalue weighted by atomic mass is 10.1. The number of carbonyl (C=O) groups is 2. The summed E-state index contributed by atoms with van der Waals surface area (Å²) in [5.41, 5.74) is 2.70. The lowest BCUT2D eigenvalue weighted by Gasteiger charge is -2.23. The molecule has 0 aliphatic heterocycles. The largest absolute Gasteiger partial charge is 0.466 e. The normalized spacial score (nSPS) is 10.2. The lowest BCUT2D eigenvalue weighted by molar-refractivity contribution is -0.143. The Morgan fingerprint density at radius 1 is 1.04 bits per heavy atom. The number of hydrogen-bond acceptors (Lipinski definition) is 3. The Morgan fingerprint density at radius 3 is 2.46 bits per heavy atom. The molecule has 126 valence electrons. The van der Waals surface area contributed by atoms with Crippen LogP contribution in [0.4, 0.5) is 0 Å². The van der Waals surface area contributed by atoms with E-state index in [1.54, 1.807) is 17.9 Å². The van der Waals surface area contributed by atoms with Crippen molar-refractivity contribution in [3.8, 4) is 0 Å². The second-order valence-electron chi connectivity index (χ2n) is 5.64. The zero-order chi connectivity index (χ0) is 17.4. The Kier molecular flexibility index (Phi) is 6.55. The van der Waals surface area contributed by atoms with Gasteiger partial charge in [-0.15, -0.1) is 0 Å². The van der Waals surface area contributed by atoms with Gasteiger partial charge in [-0.2, -0.15) is 0 Å². The summed E-state index contributed by atoms with van der Waals surface area (Å²) in [6.07, 6.45) is 0.193. The fourth-order valence-electron chi connectivity index (χ4n) is 2.48. The maximum absolute atomic E-state index is 12.8. The highest BCUT2D eigenvalue weighted by molar-refractivity contribution is 5.94. The topological polar surface area (TPSA) is 46.6 Å². The molecule has 0 saturated carbocycles. The van der Waals surface area contributed by atoms with E-state index < -0.39 is 0 Å². The van der Waals surface area contributed by atoms with Crippen molar-refractivity contribution in [1.82, 2.24) is 4.90 Å². The highest BCUT2D eigenvalue weighted by atomic mass is 16.5. The van der Waals surface area contributed by atoms with E-state index in [-0.39, 0.29) is 18.3 Å². The number of amides is 1. The molecule has 0 bridgehead atoms. The van der Waals surface area contributed by atoms with Gasteiger partial charge in [-0.3, -0.25) is 9.59 Å². The summed E-state index contributed by atoms with van der Waals surface area (Å²) >= 11 is 0. The molecule has 4 heteroatoms. The molecule has 0 aromatic heterocycles. The van der Waals surface area contributed by atoms with E-state index in [1.807, 2.05) is 55.5 Å². The van der Waals surface area contributed by atoms with Gasteiger partial charge in [0.15, 0.2) is 0 Å². The molecule has 0 spiro atoms. The van der Waals surface area contributed by atoms with Gasteiger partial charge in [-0.05, 0) is 31.5 Å². The highest BCUT2D eigenvalue weighted by Crippen LogP contribution is 2.12. The van der Waals surface area contributed by atoms with Crippen LogP contribution in [0.25, 0.3) is 0 Å². The highest BCUT2D eigenvalue weighted by Gasteiger charge is 2.18. The van der Waals surface area contributed by atoms with E-state index in [4.69, 9.17) is 4.74 Å². The molecule has 2 aromatic rings. The summed E-state index contributed by atoms with van der Waals surface area (Å²) in [5, 5.41) is 0. The number of aryl methyl sites for hydroxylation is 1. The molecule has 0 aliphatic rings. The molecule has 2 rings (SSSR count). The maximum atomic E-state index is 12.8. The number of esters is 1. The summed E-state index contributed by atoms with van der Waals surface area (Å²) in [6.45, 7) is 4.88. The van der Waals surface area contributed by atoms with E-state index in [0.717, 1.165) is 11.1 Å². The molecule has 0 atom stereocenters. The third kappa shape index (κ3) is 5.23. The van der Waals surface area contributed by atoms with Crippen LogP contribution in [0.2, 0.25) is 0 Å². The van der Waals surface area contributed by atoms with Crippen LogP contribution >= 0.6 is 0 Å². The van der Waals surface area contributed by atoms with Gasteiger partial charge >= 0.3 is 5.97 Å². The van der Waals surface area contributed by atoms with Gasteiger partial charge in [-0.1, -0.05) is 48.0 Å². The van der Waals surface area contributed by atoms with Gasteiger partial charge in [0, 0.05) is 18.7 Å². The van der Waals surface area contributed by atoms with E-state index >= 15 is 0 Å². The van der Waals surface area contributed by atoms with Crippen LogP contribution in [0.3, 0.4) is 0 Å². The minimum atomic E-state index is -0.285. The number of benzene rings is 2. The SMILES string of the molecule is CCOC(=O)CCN(Cc1ccccc1)C(=O)c1cccc(C)c1. The molecule has 2 aromatic carbocycles. The average molecular weight is 325 g/mol. The first kappa shape index (κ1) is 17.7. The van der Waals surface area contributed by atoms with Crippen molar-refractivity contribution in [3.05, 3.63) is 71.3 Å². The van der Waals surface area contributed by atoms with Gasteiger partial charge in [0.25, 0.3) is 5.91 Å². The Bertz CT molecular complexity index is 682. The first-order valence-corrected chi connectivity index (χ1v) is 8.15. The van der Waals surface area contributed by atoms with Crippen LogP contribution in [-0.2, 0) is 16.1 Å². The minimum absolute atomic E-state index is 0.0770. The van der Waals surface area contributed by atoms with E-state index in [9.17, 15) is 9.59 Å². The quantitative estimate of drug-likeness (QED) is 0.731. The monoisotopic (exact) mass is 325 g/mol. The summed E-state index contributed by atoms with van der Waals surface area (Å²) in [4.78, 5) is 26.2. The van der Waals surface area contributed by atoms with Crippen molar-refractivity contribution in [3.63, 3.8) is 0 Å². The number of ether oxygens (including phenoxy) is 1. The Morgan fingerprint density at radius 2 is 1.79 bits per heavy atom. The molecule has 0 fully saturated rings. The van der Waals surface area contributed by atoms with Crippen molar-refractivity contribution in [2.75, 3.05) is 13.2 Å². The van der Waals surface area contributed by atoms with Crippen LogP contribution < -0.4 is 0 Å². The maximum Gasteiger partial charge on any atom is 0.307 e. The molecule has 0 saturated heterocycles. The molecule has 0 heterocycles. The number of rotatable bonds is 7. The molecular weight excluding hydrogens is 302 g/mol. The number of nitrogens with zero attached hydrogens (tertiary/aromatic N) is 1. The summed E-state index contributed by atoms with van der Waals surface area (Å²) in [7, 11) is 0. The number of carbonyl (C=O) groups excluding carboxylic acids is 2. The van der Waals surface area contributed by atoms with Gasteiger partial charge in [0.2, 0.25) is 0 Å². The number of hydrogen-bond donors (Lipinski definition) is 0. The predicted molar refractivity (Wildman–Crippen MR) is 93.6 cm³/mol. The zero-order valence-corrected chi connectivity index (χ0v) is 14.2. The van der Waals surface area contributed by atoms with Gasteiger partial charge < -0.3 is 9.64 Å². The van der Waals surface area contributed by atoms with Crippen LogP contribution in [0.1, 0.15) is 34.8 Å². The first-order valence-electron chi connectivity index (χ1n) is 8.15. The van der Waals surface area contributed by atoms with Gasteiger partial charge in [0.05, 0.1) is 13.0 Å². The molecule has 24 heavy (non-hydrogen) atoms. The average Bonchev–Trinajstić information content (AvgIpc) is 2.59. The van der Waals surface area contributed by atoms with E-state index in [2.05, 4.69) is 0 Å². The van der Waals surface area contributed by atoms with Crippen LogP contribution in [0.5, 0.6) is 0 Å². The van der Waals surface area contributed by atoms with Crippen molar-refractivity contribution < 1.29 is 14.3 Å². The fraction of sp³-hybridized carbons (Fsp3) is 0.300. The first-order chi connectivity index (χ1) is 11.6. The van der Waals surface area contributed by atoms with Crippen LogP contribution in [0, 0.1) is 6.92 Å². The zero-order valence-electron chi connectivity index (χ0n) is 14.2. The van der Waals surface area contributed by atoms with E-state index in [1.165, 1.54) is 0 Å². The Labute approximate surface area is 143 Å². The van der Waals surface area contributed by atoms with Crippen molar-refractivity contribution >= 4 is 11.9 Å². The van der Waals surface area contributed by atoms with Crippen molar-refractivity contribution in [2.45, 2.75) is 26.8 Å². The summed E-state index contributed by atoms with van der Waals surface area (Å²) < 4.78 is 4.97. The van der Waals surface area contributed by atoms with E-state index in [0.29, 0.717) is 25.3 Å². The Hall–Kier alpha value is -2.62. The van der Waals surface area contributed by atoms with Gasteiger partial charge in [0.1, 0.15) is 0 Å². The molecule has 0 N–H and O–H groups in total. The molecule has 0 radical (unpaired) electrons. The lowest BCUT2D eigenvalue weighted by Crippen LogP contribution is -2.33. The van der Waals surface area contributed by atoms with Crippen LogP contribution in [-0.4, -0.2) is 29.9 Å². The molecule has 4 nitrogen and oxygen atoms in total. The third-order valence-corrected chi connectivity index (χ3v) is 3.66. The predicted octanol–water partition coefficient (Wildman–Crippen LogP) is 3.59. The molecule has 1 amide bonds. The van der Waals surface area contributed by atoms with Crippen LogP contribution in [0.15, 0.2) is 54.6 Å². The van der Waals surface area contributed by atoms with Gasteiger partial charge in [-0.25, -0.2) is 0 Å². The third-order valence-electron chi connectivity index (χ3n) is 3.66. The molecular formula is C20H23NO3. The minimum Gasteiger partial charge on any atom is -0.466 e. The summed E-state index contributed by atoms with van der Waals surface area (Å²) in [6, 6.07) is 17.3.